The van der Waals surface area contributed by atoms with Crippen LogP contribution in [0.4, 0.5) is 0 Å². The van der Waals surface area contributed by atoms with Gasteiger partial charge >= 0.3 is 0 Å². The molecule has 1 saturated carbocycles. The largest absolute Gasteiger partial charge is 0.392 e. The molecule has 7 nitrogen and oxygen atoms in total. The Morgan fingerprint density at radius 1 is 1.44 bits per heavy atom. The smallest absolute Gasteiger partial charge is 0.275 e. The standard InChI is InChI=1S/C18H29N3O4/c1-20(10-8-18(24)6-2-3-7-18)17(23)16-11-15(25-19-16)13-21-9-4-5-14(22)12-21/h11,14,22,24H,2-10,12-13H2,1H3. The molecule has 140 valence electrons. The second kappa shape index (κ2) is 7.85. The van der Waals surface area contributed by atoms with Crippen LogP contribution in [-0.2, 0) is 6.54 Å². The number of aliphatic hydroxyl groups is 2. The van der Waals surface area contributed by atoms with Gasteiger partial charge in [0.2, 0.25) is 0 Å². The first-order valence-corrected chi connectivity index (χ1v) is 9.29. The van der Waals surface area contributed by atoms with Crippen LogP contribution in [0, 0.1) is 0 Å². The fourth-order valence-corrected chi connectivity index (χ4v) is 3.84. The van der Waals surface area contributed by atoms with E-state index in [1.165, 1.54) is 0 Å². The molecule has 0 spiro atoms. The number of hydrogen-bond donors (Lipinski definition) is 2. The number of aliphatic hydroxyl groups excluding tert-OH is 1. The minimum Gasteiger partial charge on any atom is -0.392 e. The lowest BCUT2D eigenvalue weighted by atomic mass is 9.98. The van der Waals surface area contributed by atoms with Crippen molar-refractivity contribution in [2.75, 3.05) is 26.7 Å². The van der Waals surface area contributed by atoms with Gasteiger partial charge in [0.1, 0.15) is 0 Å². The molecule has 0 aromatic carbocycles. The highest BCUT2D eigenvalue weighted by atomic mass is 16.5. The summed E-state index contributed by atoms with van der Waals surface area (Å²) in [7, 11) is 1.73. The van der Waals surface area contributed by atoms with Gasteiger partial charge in [0, 0.05) is 26.2 Å². The summed E-state index contributed by atoms with van der Waals surface area (Å²) in [5.41, 5.74) is -0.313. The molecule has 1 amide bonds. The van der Waals surface area contributed by atoms with Crippen molar-refractivity contribution in [2.45, 2.75) is 63.2 Å². The average Bonchev–Trinajstić information content (AvgIpc) is 3.22. The lowest BCUT2D eigenvalue weighted by Gasteiger charge is -2.28. The number of amides is 1. The van der Waals surface area contributed by atoms with E-state index in [0.717, 1.165) is 45.1 Å². The van der Waals surface area contributed by atoms with Gasteiger partial charge in [0.05, 0.1) is 18.2 Å². The highest BCUT2D eigenvalue weighted by molar-refractivity contribution is 5.92. The van der Waals surface area contributed by atoms with Crippen molar-refractivity contribution in [2.24, 2.45) is 0 Å². The Morgan fingerprint density at radius 2 is 2.20 bits per heavy atom. The van der Waals surface area contributed by atoms with Gasteiger partial charge in [-0.15, -0.1) is 0 Å². The zero-order valence-corrected chi connectivity index (χ0v) is 15.0. The fraction of sp³-hybridized carbons (Fsp3) is 0.778. The predicted molar refractivity (Wildman–Crippen MR) is 92.0 cm³/mol. The van der Waals surface area contributed by atoms with E-state index < -0.39 is 5.60 Å². The number of carbonyl (C=O) groups excluding carboxylic acids is 1. The molecule has 1 atom stereocenters. The zero-order valence-electron chi connectivity index (χ0n) is 15.0. The maximum absolute atomic E-state index is 12.5. The summed E-state index contributed by atoms with van der Waals surface area (Å²) in [6, 6.07) is 1.68. The fourth-order valence-electron chi connectivity index (χ4n) is 3.84. The number of carbonyl (C=O) groups is 1. The van der Waals surface area contributed by atoms with Crippen molar-refractivity contribution < 1.29 is 19.5 Å². The van der Waals surface area contributed by atoms with E-state index in [1.54, 1.807) is 18.0 Å². The Hall–Kier alpha value is -1.44. The van der Waals surface area contributed by atoms with E-state index in [2.05, 4.69) is 10.1 Å². The number of likely N-dealkylation sites (tertiary alicyclic amines) is 1. The van der Waals surface area contributed by atoms with Gasteiger partial charge < -0.3 is 19.6 Å². The SMILES string of the molecule is CN(CCC1(O)CCCC1)C(=O)c1cc(CN2CCCC(O)C2)on1. The summed E-state index contributed by atoms with van der Waals surface area (Å²) in [5.74, 6) is 0.454. The Kier molecular flexibility index (Phi) is 5.76. The third-order valence-electron chi connectivity index (χ3n) is 5.43. The quantitative estimate of drug-likeness (QED) is 0.805. The summed E-state index contributed by atoms with van der Waals surface area (Å²) in [5, 5.41) is 24.0. The summed E-state index contributed by atoms with van der Waals surface area (Å²) < 4.78 is 5.30. The van der Waals surface area contributed by atoms with Crippen LogP contribution >= 0.6 is 0 Å². The molecule has 1 aliphatic carbocycles. The molecule has 1 aliphatic heterocycles. The highest BCUT2D eigenvalue weighted by Gasteiger charge is 2.31. The minimum atomic E-state index is -0.612. The molecule has 2 fully saturated rings. The van der Waals surface area contributed by atoms with Crippen molar-refractivity contribution in [3.05, 3.63) is 17.5 Å². The molecular formula is C18H29N3O4. The van der Waals surface area contributed by atoms with Crippen molar-refractivity contribution in [1.29, 1.82) is 0 Å². The van der Waals surface area contributed by atoms with Crippen LogP contribution in [0.3, 0.4) is 0 Å². The van der Waals surface area contributed by atoms with Crippen LogP contribution in [-0.4, -0.2) is 69.5 Å². The maximum Gasteiger partial charge on any atom is 0.275 e. The molecule has 3 rings (SSSR count). The molecule has 2 heterocycles. The first kappa shape index (κ1) is 18.4. The second-order valence-corrected chi connectivity index (χ2v) is 7.62. The van der Waals surface area contributed by atoms with Crippen molar-refractivity contribution in [3.63, 3.8) is 0 Å². The molecule has 0 radical (unpaired) electrons. The van der Waals surface area contributed by atoms with E-state index in [1.807, 2.05) is 0 Å². The summed E-state index contributed by atoms with van der Waals surface area (Å²) in [6.07, 6.45) is 5.89. The number of nitrogens with zero attached hydrogens (tertiary/aromatic N) is 3. The van der Waals surface area contributed by atoms with Gasteiger partial charge in [-0.3, -0.25) is 9.69 Å². The molecule has 2 aliphatic rings. The predicted octanol–water partition coefficient (Wildman–Crippen LogP) is 1.40. The van der Waals surface area contributed by atoms with Gasteiger partial charge in [-0.1, -0.05) is 18.0 Å². The van der Waals surface area contributed by atoms with Crippen LogP contribution in [0.2, 0.25) is 0 Å². The van der Waals surface area contributed by atoms with Crippen LogP contribution in [0.5, 0.6) is 0 Å². The third-order valence-corrected chi connectivity index (χ3v) is 5.43. The molecule has 0 bridgehead atoms. The summed E-state index contributed by atoms with van der Waals surface area (Å²) in [6.45, 7) is 2.61. The van der Waals surface area contributed by atoms with E-state index >= 15 is 0 Å². The second-order valence-electron chi connectivity index (χ2n) is 7.62. The van der Waals surface area contributed by atoms with Crippen LogP contribution in [0.1, 0.15) is 61.2 Å². The number of hydrogen-bond acceptors (Lipinski definition) is 6. The molecule has 25 heavy (non-hydrogen) atoms. The average molecular weight is 351 g/mol. The Morgan fingerprint density at radius 3 is 2.92 bits per heavy atom. The molecular weight excluding hydrogens is 322 g/mol. The van der Waals surface area contributed by atoms with Gasteiger partial charge in [-0.2, -0.15) is 0 Å². The van der Waals surface area contributed by atoms with Gasteiger partial charge in [0.25, 0.3) is 5.91 Å². The molecule has 1 saturated heterocycles. The number of β-amino-alcohol motifs (C(OH)–C–C–N with tert-alkyl or cyclic N) is 1. The zero-order chi connectivity index (χ0) is 17.9. The van der Waals surface area contributed by atoms with Crippen LogP contribution in [0.25, 0.3) is 0 Å². The molecule has 2 N–H and O–H groups in total. The van der Waals surface area contributed by atoms with Gasteiger partial charge in [-0.05, 0) is 38.6 Å². The first-order valence-electron chi connectivity index (χ1n) is 9.29. The van der Waals surface area contributed by atoms with Crippen LogP contribution < -0.4 is 0 Å². The number of rotatable bonds is 6. The van der Waals surface area contributed by atoms with Crippen LogP contribution in [0.15, 0.2) is 10.6 Å². The topological polar surface area (TPSA) is 90.0 Å². The first-order chi connectivity index (χ1) is 12.0. The number of aromatic nitrogens is 1. The van der Waals surface area contributed by atoms with E-state index in [9.17, 15) is 15.0 Å². The molecule has 1 aromatic rings. The molecule has 1 unspecified atom stereocenters. The van der Waals surface area contributed by atoms with E-state index in [0.29, 0.717) is 37.5 Å². The van der Waals surface area contributed by atoms with E-state index in [-0.39, 0.29) is 12.0 Å². The summed E-state index contributed by atoms with van der Waals surface area (Å²) in [4.78, 5) is 16.2. The van der Waals surface area contributed by atoms with Gasteiger partial charge in [0.15, 0.2) is 11.5 Å². The number of piperidine rings is 1. The van der Waals surface area contributed by atoms with E-state index in [4.69, 9.17) is 4.52 Å². The lowest BCUT2D eigenvalue weighted by Crippen LogP contribution is -2.37. The monoisotopic (exact) mass is 351 g/mol. The normalized spacial score (nSPS) is 23.7. The Labute approximate surface area is 148 Å². The maximum atomic E-state index is 12.5. The highest BCUT2D eigenvalue weighted by Crippen LogP contribution is 2.32. The third kappa shape index (κ3) is 4.80. The van der Waals surface area contributed by atoms with Crippen molar-refractivity contribution in [1.82, 2.24) is 15.0 Å². The minimum absolute atomic E-state index is 0.185. The Balaban J connectivity index is 1.51. The van der Waals surface area contributed by atoms with Crippen molar-refractivity contribution >= 4 is 5.91 Å². The Bertz CT molecular complexity index is 583. The van der Waals surface area contributed by atoms with Crippen molar-refractivity contribution in [3.8, 4) is 0 Å². The molecule has 1 aromatic heterocycles. The van der Waals surface area contributed by atoms with Gasteiger partial charge in [-0.25, -0.2) is 0 Å². The molecule has 7 heteroatoms. The lowest BCUT2D eigenvalue weighted by molar-refractivity contribution is 0.0294. The summed E-state index contributed by atoms with van der Waals surface area (Å²) >= 11 is 0.